The van der Waals surface area contributed by atoms with Crippen LogP contribution in [-0.4, -0.2) is 38.0 Å². The lowest BCUT2D eigenvalue weighted by atomic mass is 9.99. The van der Waals surface area contributed by atoms with Crippen LogP contribution < -0.4 is 5.32 Å². The fourth-order valence-electron chi connectivity index (χ4n) is 3.20. The second-order valence-electron chi connectivity index (χ2n) is 5.69. The molecule has 1 N–H and O–H groups in total. The molecule has 2 rings (SSSR count). The average molecular weight is 255 g/mol. The van der Waals surface area contributed by atoms with Gasteiger partial charge in [-0.05, 0) is 57.9 Å². The Morgan fingerprint density at radius 2 is 1.83 bits per heavy atom. The minimum absolute atomic E-state index is 0.511. The molecule has 3 unspecified atom stereocenters. The number of nitrogens with one attached hydrogen (secondary N) is 1. The molecule has 0 aliphatic carbocycles. The third-order valence-electron chi connectivity index (χ3n) is 4.17. The second kappa shape index (κ2) is 8.13. The highest BCUT2D eigenvalue weighted by Gasteiger charge is 2.21. The van der Waals surface area contributed by atoms with Gasteiger partial charge in [0, 0.05) is 19.3 Å². The van der Waals surface area contributed by atoms with Crippen LogP contribution in [0.1, 0.15) is 58.3 Å². The van der Waals surface area contributed by atoms with E-state index < -0.39 is 0 Å². The van der Waals surface area contributed by atoms with E-state index in [0.717, 1.165) is 19.8 Å². The Morgan fingerprint density at radius 3 is 2.44 bits per heavy atom. The van der Waals surface area contributed by atoms with E-state index in [1.165, 1.54) is 51.4 Å². The third kappa shape index (κ3) is 4.87. The smallest absolute Gasteiger partial charge is 0.0590 e. The highest BCUT2D eigenvalue weighted by Crippen LogP contribution is 2.21. The van der Waals surface area contributed by atoms with Crippen molar-refractivity contribution in [2.24, 2.45) is 0 Å². The minimum atomic E-state index is 0.511. The lowest BCUT2D eigenvalue weighted by Crippen LogP contribution is -2.32. The van der Waals surface area contributed by atoms with Gasteiger partial charge in [0.1, 0.15) is 0 Å². The van der Waals surface area contributed by atoms with Crippen molar-refractivity contribution in [2.45, 2.75) is 76.5 Å². The lowest BCUT2D eigenvalue weighted by Gasteiger charge is -2.21. The van der Waals surface area contributed by atoms with Crippen molar-refractivity contribution in [1.82, 2.24) is 5.32 Å². The van der Waals surface area contributed by atoms with Gasteiger partial charge in [-0.2, -0.15) is 0 Å². The predicted octanol–water partition coefficient (Wildman–Crippen LogP) is 2.88. The van der Waals surface area contributed by atoms with Crippen molar-refractivity contribution in [2.75, 3.05) is 19.8 Å². The summed E-state index contributed by atoms with van der Waals surface area (Å²) in [7, 11) is 0. The van der Waals surface area contributed by atoms with Crippen molar-refractivity contribution in [3.05, 3.63) is 0 Å². The van der Waals surface area contributed by atoms with Gasteiger partial charge in [-0.1, -0.05) is 6.92 Å². The fourth-order valence-corrected chi connectivity index (χ4v) is 3.20. The summed E-state index contributed by atoms with van der Waals surface area (Å²) < 4.78 is 11.4. The van der Waals surface area contributed by atoms with Crippen molar-refractivity contribution >= 4 is 0 Å². The molecule has 0 aromatic carbocycles. The molecule has 2 saturated heterocycles. The molecule has 3 nitrogen and oxygen atoms in total. The molecule has 0 radical (unpaired) electrons. The molecule has 0 aromatic rings. The number of hydrogen-bond acceptors (Lipinski definition) is 3. The maximum absolute atomic E-state index is 5.74. The zero-order valence-electron chi connectivity index (χ0n) is 11.8. The molecule has 2 aliphatic rings. The van der Waals surface area contributed by atoms with Crippen molar-refractivity contribution < 1.29 is 9.47 Å². The highest BCUT2D eigenvalue weighted by atomic mass is 16.5. The zero-order valence-corrected chi connectivity index (χ0v) is 11.8. The van der Waals surface area contributed by atoms with Crippen LogP contribution in [0.15, 0.2) is 0 Å². The van der Waals surface area contributed by atoms with Crippen LogP contribution in [0.4, 0.5) is 0 Å². The number of hydrogen-bond donors (Lipinski definition) is 1. The molecule has 0 saturated carbocycles. The summed E-state index contributed by atoms with van der Waals surface area (Å²) in [6.07, 6.45) is 11.1. The Bertz CT molecular complexity index is 211. The Morgan fingerprint density at radius 1 is 1.11 bits per heavy atom. The summed E-state index contributed by atoms with van der Waals surface area (Å²) >= 11 is 0. The largest absolute Gasteiger partial charge is 0.378 e. The minimum Gasteiger partial charge on any atom is -0.378 e. The van der Waals surface area contributed by atoms with Gasteiger partial charge in [-0.25, -0.2) is 0 Å². The summed E-state index contributed by atoms with van der Waals surface area (Å²) in [6, 6.07) is 0.638. The van der Waals surface area contributed by atoms with Crippen LogP contribution in [0, 0.1) is 0 Å². The summed E-state index contributed by atoms with van der Waals surface area (Å²) in [5.41, 5.74) is 0. The van der Waals surface area contributed by atoms with E-state index in [0.29, 0.717) is 18.2 Å². The van der Waals surface area contributed by atoms with E-state index in [2.05, 4.69) is 12.2 Å². The molecule has 3 heteroatoms. The van der Waals surface area contributed by atoms with Gasteiger partial charge >= 0.3 is 0 Å². The van der Waals surface area contributed by atoms with Crippen molar-refractivity contribution in [3.8, 4) is 0 Å². The standard InChI is InChI=1S/C15H29NO2/c1-2-16-13(12-15-9-5-11-18-15)6-3-7-14-8-4-10-17-14/h13-16H,2-12H2,1H3. The highest BCUT2D eigenvalue weighted by molar-refractivity contribution is 4.76. The zero-order chi connectivity index (χ0) is 12.6. The molecule has 0 spiro atoms. The van der Waals surface area contributed by atoms with E-state index >= 15 is 0 Å². The third-order valence-corrected chi connectivity index (χ3v) is 4.17. The van der Waals surface area contributed by atoms with Crippen LogP contribution in [0.3, 0.4) is 0 Å². The van der Waals surface area contributed by atoms with Crippen LogP contribution in [0.2, 0.25) is 0 Å². The van der Waals surface area contributed by atoms with Gasteiger partial charge in [-0.15, -0.1) is 0 Å². The summed E-state index contributed by atoms with van der Waals surface area (Å²) in [5.74, 6) is 0. The SMILES string of the molecule is CCNC(CCCC1CCCO1)CC1CCCO1. The quantitative estimate of drug-likeness (QED) is 0.723. The van der Waals surface area contributed by atoms with Gasteiger partial charge in [-0.3, -0.25) is 0 Å². The first-order valence-electron chi connectivity index (χ1n) is 7.85. The Kier molecular flexibility index (Phi) is 6.46. The summed E-state index contributed by atoms with van der Waals surface area (Å²) in [6.45, 7) is 5.22. The Hall–Kier alpha value is -0.120. The van der Waals surface area contributed by atoms with Crippen LogP contribution in [-0.2, 0) is 9.47 Å². The topological polar surface area (TPSA) is 30.5 Å². The molecular weight excluding hydrogens is 226 g/mol. The average Bonchev–Trinajstić information content (AvgIpc) is 3.02. The Balaban J connectivity index is 1.61. The van der Waals surface area contributed by atoms with E-state index in [9.17, 15) is 0 Å². The summed E-state index contributed by atoms with van der Waals surface area (Å²) in [4.78, 5) is 0. The van der Waals surface area contributed by atoms with E-state index in [1.807, 2.05) is 0 Å². The molecule has 0 amide bonds. The van der Waals surface area contributed by atoms with E-state index in [4.69, 9.17) is 9.47 Å². The molecule has 2 aliphatic heterocycles. The van der Waals surface area contributed by atoms with Gasteiger partial charge < -0.3 is 14.8 Å². The van der Waals surface area contributed by atoms with Crippen LogP contribution in [0.25, 0.3) is 0 Å². The molecule has 0 aromatic heterocycles. The van der Waals surface area contributed by atoms with Crippen molar-refractivity contribution in [3.63, 3.8) is 0 Å². The van der Waals surface area contributed by atoms with E-state index in [-0.39, 0.29) is 0 Å². The molecular formula is C15H29NO2. The van der Waals surface area contributed by atoms with Gasteiger partial charge in [0.25, 0.3) is 0 Å². The van der Waals surface area contributed by atoms with Gasteiger partial charge in [0.05, 0.1) is 12.2 Å². The number of ether oxygens (including phenoxy) is 2. The Labute approximate surface area is 112 Å². The van der Waals surface area contributed by atoms with E-state index in [1.54, 1.807) is 0 Å². The molecule has 18 heavy (non-hydrogen) atoms. The maximum Gasteiger partial charge on any atom is 0.0590 e. The first-order valence-corrected chi connectivity index (χ1v) is 7.85. The predicted molar refractivity (Wildman–Crippen MR) is 73.9 cm³/mol. The first kappa shape index (κ1) is 14.3. The van der Waals surface area contributed by atoms with Crippen molar-refractivity contribution in [1.29, 1.82) is 0 Å². The van der Waals surface area contributed by atoms with Gasteiger partial charge in [0.2, 0.25) is 0 Å². The maximum atomic E-state index is 5.74. The number of rotatable bonds is 8. The summed E-state index contributed by atoms with van der Waals surface area (Å²) in [5, 5.41) is 3.61. The monoisotopic (exact) mass is 255 g/mol. The molecule has 2 heterocycles. The van der Waals surface area contributed by atoms with Gasteiger partial charge in [0.15, 0.2) is 0 Å². The molecule has 106 valence electrons. The molecule has 2 fully saturated rings. The normalized spacial score (nSPS) is 29.8. The van der Waals surface area contributed by atoms with Crippen LogP contribution >= 0.6 is 0 Å². The fraction of sp³-hybridized carbons (Fsp3) is 1.00. The lowest BCUT2D eigenvalue weighted by molar-refractivity contribution is 0.0887. The molecule has 3 atom stereocenters. The second-order valence-corrected chi connectivity index (χ2v) is 5.69. The molecule has 0 bridgehead atoms. The first-order chi connectivity index (χ1) is 8.88. The van der Waals surface area contributed by atoms with Crippen LogP contribution in [0.5, 0.6) is 0 Å².